The molecule has 0 saturated heterocycles. The monoisotopic (exact) mass is 248 g/mol. The first-order valence-electron chi connectivity index (χ1n) is 3.77. The van der Waals surface area contributed by atoms with Crippen molar-refractivity contribution in [2.75, 3.05) is 5.33 Å². The van der Waals surface area contributed by atoms with E-state index in [4.69, 9.17) is 0 Å². The summed E-state index contributed by atoms with van der Waals surface area (Å²) in [7, 11) is 0. The fourth-order valence-electron chi connectivity index (χ4n) is 1.01. The number of thiol groups is 1. The van der Waals surface area contributed by atoms with Crippen LogP contribution >= 0.6 is 28.6 Å². The topological polar surface area (TPSA) is 0 Å². The molecule has 66 valence electrons. The zero-order valence-corrected chi connectivity index (χ0v) is 9.04. The second kappa shape index (κ2) is 4.87. The summed E-state index contributed by atoms with van der Waals surface area (Å²) in [5.41, 5.74) is 1.11. The van der Waals surface area contributed by atoms with Crippen molar-refractivity contribution >= 4 is 28.6 Å². The number of rotatable bonds is 3. The molecule has 0 aliphatic heterocycles. The zero-order valence-electron chi connectivity index (χ0n) is 6.56. The lowest BCUT2D eigenvalue weighted by Crippen LogP contribution is -1.88. The van der Waals surface area contributed by atoms with Crippen LogP contribution in [0.5, 0.6) is 0 Å². The summed E-state index contributed by atoms with van der Waals surface area (Å²) >= 11 is 7.53. The second-order valence-electron chi connectivity index (χ2n) is 2.57. The van der Waals surface area contributed by atoms with E-state index in [-0.39, 0.29) is 5.82 Å². The summed E-state index contributed by atoms with van der Waals surface area (Å²) in [6, 6.07) is 4.72. The van der Waals surface area contributed by atoms with Crippen LogP contribution in [0, 0.1) is 5.82 Å². The molecule has 0 spiro atoms. The van der Waals surface area contributed by atoms with Crippen LogP contribution in [0.15, 0.2) is 23.1 Å². The number of halogens is 2. The van der Waals surface area contributed by atoms with Gasteiger partial charge in [-0.15, -0.1) is 12.6 Å². The van der Waals surface area contributed by atoms with E-state index in [1.165, 1.54) is 12.1 Å². The first-order chi connectivity index (χ1) is 5.74. The zero-order chi connectivity index (χ0) is 8.97. The minimum atomic E-state index is -0.220. The maximum atomic E-state index is 12.6. The molecular weight excluding hydrogens is 239 g/mol. The van der Waals surface area contributed by atoms with Gasteiger partial charge in [0.05, 0.1) is 0 Å². The van der Waals surface area contributed by atoms with Crippen molar-refractivity contribution in [2.24, 2.45) is 0 Å². The molecule has 0 nitrogen and oxygen atoms in total. The Kier molecular flexibility index (Phi) is 4.09. The molecular formula is C9H10BrFS. The third-order valence-corrected chi connectivity index (χ3v) is 2.60. The number of benzene rings is 1. The molecule has 1 rings (SSSR count). The van der Waals surface area contributed by atoms with Crippen LogP contribution in [-0.4, -0.2) is 5.33 Å². The van der Waals surface area contributed by atoms with Gasteiger partial charge in [0.25, 0.3) is 0 Å². The van der Waals surface area contributed by atoms with Crippen molar-refractivity contribution in [3.8, 4) is 0 Å². The molecule has 1 aromatic carbocycles. The third kappa shape index (κ3) is 2.79. The lowest BCUT2D eigenvalue weighted by Gasteiger charge is -2.02. The van der Waals surface area contributed by atoms with Gasteiger partial charge in [-0.2, -0.15) is 0 Å². The Hall–Kier alpha value is -0.0200. The van der Waals surface area contributed by atoms with E-state index in [0.717, 1.165) is 28.6 Å². The van der Waals surface area contributed by atoms with Crippen molar-refractivity contribution in [3.63, 3.8) is 0 Å². The minimum absolute atomic E-state index is 0.220. The van der Waals surface area contributed by atoms with E-state index in [0.29, 0.717) is 0 Å². The molecule has 0 atom stereocenters. The average molecular weight is 249 g/mol. The minimum Gasteiger partial charge on any atom is -0.207 e. The quantitative estimate of drug-likeness (QED) is 0.615. The normalized spacial score (nSPS) is 10.2. The van der Waals surface area contributed by atoms with Gasteiger partial charge in [0.1, 0.15) is 5.82 Å². The van der Waals surface area contributed by atoms with Crippen molar-refractivity contribution in [2.45, 2.75) is 17.7 Å². The molecule has 0 fully saturated rings. The Morgan fingerprint density at radius 3 is 2.75 bits per heavy atom. The van der Waals surface area contributed by atoms with Crippen molar-refractivity contribution in [1.29, 1.82) is 0 Å². The highest BCUT2D eigenvalue weighted by Gasteiger charge is 1.99. The van der Waals surface area contributed by atoms with Crippen LogP contribution in [0.2, 0.25) is 0 Å². The summed E-state index contributed by atoms with van der Waals surface area (Å²) in [5.74, 6) is -0.220. The first kappa shape index (κ1) is 10.1. The van der Waals surface area contributed by atoms with E-state index >= 15 is 0 Å². The summed E-state index contributed by atoms with van der Waals surface area (Å²) in [4.78, 5) is 0.746. The number of alkyl halides is 1. The molecule has 0 aliphatic carbocycles. The van der Waals surface area contributed by atoms with Crippen molar-refractivity contribution < 1.29 is 4.39 Å². The Labute approximate surface area is 85.7 Å². The fraction of sp³-hybridized carbons (Fsp3) is 0.333. The van der Waals surface area contributed by atoms with Crippen LogP contribution in [0.1, 0.15) is 12.0 Å². The van der Waals surface area contributed by atoms with Gasteiger partial charge >= 0.3 is 0 Å². The van der Waals surface area contributed by atoms with E-state index in [9.17, 15) is 4.39 Å². The van der Waals surface area contributed by atoms with Gasteiger partial charge in [-0.3, -0.25) is 0 Å². The van der Waals surface area contributed by atoms with Gasteiger partial charge in [0, 0.05) is 10.2 Å². The molecule has 0 bridgehead atoms. The van der Waals surface area contributed by atoms with E-state index in [1.54, 1.807) is 6.07 Å². The Morgan fingerprint density at radius 1 is 1.42 bits per heavy atom. The molecule has 1 aromatic rings. The summed E-state index contributed by atoms with van der Waals surface area (Å²) in [6.07, 6.45) is 2.00. The predicted octanol–water partition coefficient (Wildman–Crippen LogP) is 3.44. The first-order valence-corrected chi connectivity index (χ1v) is 5.34. The fourth-order valence-corrected chi connectivity index (χ4v) is 1.60. The standard InChI is InChI=1S/C9H10BrFS/c10-5-1-2-7-3-4-8(11)6-9(7)12/h3-4,6,12H,1-2,5H2. The number of aryl methyl sites for hydroxylation is 1. The maximum absolute atomic E-state index is 12.6. The van der Waals surface area contributed by atoms with Gasteiger partial charge < -0.3 is 0 Å². The molecule has 0 saturated carbocycles. The maximum Gasteiger partial charge on any atom is 0.124 e. The second-order valence-corrected chi connectivity index (χ2v) is 3.84. The van der Waals surface area contributed by atoms with E-state index < -0.39 is 0 Å². The van der Waals surface area contributed by atoms with Gasteiger partial charge in [-0.25, -0.2) is 4.39 Å². The van der Waals surface area contributed by atoms with Gasteiger partial charge in [-0.1, -0.05) is 22.0 Å². The van der Waals surface area contributed by atoms with Gasteiger partial charge in [0.15, 0.2) is 0 Å². The SMILES string of the molecule is Fc1ccc(CCCBr)c(S)c1. The summed E-state index contributed by atoms with van der Waals surface area (Å²) in [6.45, 7) is 0. The van der Waals surface area contributed by atoms with Crippen LogP contribution in [0.3, 0.4) is 0 Å². The highest BCUT2D eigenvalue weighted by molar-refractivity contribution is 9.09. The van der Waals surface area contributed by atoms with Crippen LogP contribution in [0.4, 0.5) is 4.39 Å². The Bertz CT molecular complexity index is 263. The van der Waals surface area contributed by atoms with Crippen LogP contribution in [0.25, 0.3) is 0 Å². The van der Waals surface area contributed by atoms with Gasteiger partial charge in [-0.05, 0) is 30.5 Å². The summed E-state index contributed by atoms with van der Waals surface area (Å²) < 4.78 is 12.6. The molecule has 0 N–H and O–H groups in total. The van der Waals surface area contributed by atoms with Crippen molar-refractivity contribution in [3.05, 3.63) is 29.6 Å². The highest BCUT2D eigenvalue weighted by atomic mass is 79.9. The van der Waals surface area contributed by atoms with Crippen LogP contribution < -0.4 is 0 Å². The molecule has 0 aliphatic rings. The van der Waals surface area contributed by atoms with Crippen molar-refractivity contribution in [1.82, 2.24) is 0 Å². The predicted molar refractivity (Wildman–Crippen MR) is 55.8 cm³/mol. The Balaban J connectivity index is 2.72. The molecule has 12 heavy (non-hydrogen) atoms. The average Bonchev–Trinajstić information content (AvgIpc) is 2.03. The van der Waals surface area contributed by atoms with Crippen LogP contribution in [-0.2, 0) is 6.42 Å². The Morgan fingerprint density at radius 2 is 2.17 bits per heavy atom. The molecule has 0 unspecified atom stereocenters. The summed E-state index contributed by atoms with van der Waals surface area (Å²) in [5, 5.41) is 0.970. The third-order valence-electron chi connectivity index (χ3n) is 1.63. The largest absolute Gasteiger partial charge is 0.207 e. The van der Waals surface area contributed by atoms with Gasteiger partial charge in [0.2, 0.25) is 0 Å². The molecule has 0 aromatic heterocycles. The van der Waals surface area contributed by atoms with E-state index in [2.05, 4.69) is 28.6 Å². The lowest BCUT2D eigenvalue weighted by molar-refractivity contribution is 0.622. The molecule has 3 heteroatoms. The lowest BCUT2D eigenvalue weighted by atomic mass is 10.1. The molecule has 0 amide bonds. The highest BCUT2D eigenvalue weighted by Crippen LogP contribution is 2.17. The number of hydrogen-bond acceptors (Lipinski definition) is 1. The smallest absolute Gasteiger partial charge is 0.124 e. The number of hydrogen-bond donors (Lipinski definition) is 1. The molecule has 0 heterocycles. The van der Waals surface area contributed by atoms with E-state index in [1.807, 2.05) is 0 Å². The molecule has 0 radical (unpaired) electrons.